The molecule has 1 aliphatic heterocycles. The molecule has 0 N–H and O–H groups in total. The summed E-state index contributed by atoms with van der Waals surface area (Å²) in [5.41, 5.74) is 2.42. The van der Waals surface area contributed by atoms with E-state index in [9.17, 15) is 4.79 Å². The second-order valence-corrected chi connectivity index (χ2v) is 6.76. The van der Waals surface area contributed by atoms with Crippen LogP contribution in [0.3, 0.4) is 0 Å². The first kappa shape index (κ1) is 17.6. The lowest BCUT2D eigenvalue weighted by Gasteiger charge is -2.17. The molecule has 2 atom stereocenters. The van der Waals surface area contributed by atoms with Crippen molar-refractivity contribution >= 4 is 21.9 Å². The van der Waals surface area contributed by atoms with E-state index in [4.69, 9.17) is 14.8 Å². The quantitative estimate of drug-likeness (QED) is 0.733. The molecule has 0 aromatic heterocycles. The van der Waals surface area contributed by atoms with Crippen LogP contribution in [0, 0.1) is 17.2 Å². The Morgan fingerprint density at radius 1 is 1.36 bits per heavy atom. The number of nitriles is 1. The highest BCUT2D eigenvalue weighted by Crippen LogP contribution is 2.36. The van der Waals surface area contributed by atoms with E-state index in [0.29, 0.717) is 18.7 Å². The van der Waals surface area contributed by atoms with Crippen molar-refractivity contribution < 1.29 is 14.4 Å². The molecule has 3 rings (SSSR count). The minimum Gasteiger partial charge on any atom is -0.469 e. The summed E-state index contributed by atoms with van der Waals surface area (Å²) in [6.07, 6.45) is -0.462. The summed E-state index contributed by atoms with van der Waals surface area (Å²) >= 11 is 3.42. The van der Waals surface area contributed by atoms with Crippen LogP contribution in [0.5, 0.6) is 0 Å². The van der Waals surface area contributed by atoms with E-state index in [1.807, 2.05) is 30.3 Å². The summed E-state index contributed by atoms with van der Waals surface area (Å²) in [5.74, 6) is -0.750. The lowest BCUT2D eigenvalue weighted by molar-refractivity contribution is -0.161. The predicted molar refractivity (Wildman–Crippen MR) is 95.0 cm³/mol. The largest absolute Gasteiger partial charge is 0.469 e. The van der Waals surface area contributed by atoms with Crippen molar-refractivity contribution in [3.63, 3.8) is 0 Å². The van der Waals surface area contributed by atoms with Gasteiger partial charge >= 0.3 is 5.97 Å². The fraction of sp³-hybridized carbons (Fsp3) is 0.263. The van der Waals surface area contributed by atoms with Crippen molar-refractivity contribution in [2.24, 2.45) is 5.92 Å². The molecule has 2 aromatic carbocycles. The zero-order chi connectivity index (χ0) is 17.8. The van der Waals surface area contributed by atoms with Crippen molar-refractivity contribution in [2.75, 3.05) is 13.7 Å². The van der Waals surface area contributed by atoms with Gasteiger partial charge in [0, 0.05) is 17.6 Å². The molecule has 0 aliphatic carbocycles. The number of rotatable bonds is 4. The number of hydrogen-bond acceptors (Lipinski definition) is 5. The molecule has 128 valence electrons. The van der Waals surface area contributed by atoms with Crippen LogP contribution in [0.15, 0.2) is 53.0 Å². The fourth-order valence-corrected chi connectivity index (χ4v) is 3.18. The van der Waals surface area contributed by atoms with E-state index in [1.165, 1.54) is 7.11 Å². The van der Waals surface area contributed by atoms with Crippen LogP contribution in [0.2, 0.25) is 0 Å². The molecular formula is C19H17BrN2O3. The molecule has 0 spiro atoms. The average Bonchev–Trinajstić information content (AvgIpc) is 3.07. The normalized spacial score (nSPS) is 20.2. The number of hydrogen-bond donors (Lipinski definition) is 0. The van der Waals surface area contributed by atoms with Crippen LogP contribution in [-0.2, 0) is 20.9 Å². The van der Waals surface area contributed by atoms with Gasteiger partial charge in [-0.1, -0.05) is 40.2 Å². The number of nitrogens with zero attached hydrogens (tertiary/aromatic N) is 2. The summed E-state index contributed by atoms with van der Waals surface area (Å²) in [7, 11) is 1.38. The zero-order valence-corrected chi connectivity index (χ0v) is 15.3. The van der Waals surface area contributed by atoms with E-state index >= 15 is 0 Å². The lowest BCUT2D eigenvalue weighted by atomic mass is 9.95. The summed E-state index contributed by atoms with van der Waals surface area (Å²) < 4.78 is 5.95. The number of methoxy groups -OCH3 is 1. The zero-order valence-electron chi connectivity index (χ0n) is 13.7. The van der Waals surface area contributed by atoms with Crippen LogP contribution in [0.4, 0.5) is 0 Å². The first-order chi connectivity index (χ1) is 12.1. The van der Waals surface area contributed by atoms with Gasteiger partial charge in [-0.25, -0.2) is 0 Å². The topological polar surface area (TPSA) is 62.6 Å². The van der Waals surface area contributed by atoms with Crippen molar-refractivity contribution in [1.29, 1.82) is 5.26 Å². The average molecular weight is 401 g/mol. The first-order valence-corrected chi connectivity index (χ1v) is 8.64. The smallest absolute Gasteiger partial charge is 0.313 e. The number of hydroxylamine groups is 2. The molecular weight excluding hydrogens is 384 g/mol. The maximum Gasteiger partial charge on any atom is 0.313 e. The molecule has 1 saturated heterocycles. The first-order valence-electron chi connectivity index (χ1n) is 7.85. The van der Waals surface area contributed by atoms with Gasteiger partial charge in [0.05, 0.1) is 18.7 Å². The van der Waals surface area contributed by atoms with Crippen LogP contribution < -0.4 is 0 Å². The van der Waals surface area contributed by atoms with Gasteiger partial charge in [0.1, 0.15) is 12.0 Å². The van der Waals surface area contributed by atoms with E-state index in [-0.39, 0.29) is 5.97 Å². The van der Waals surface area contributed by atoms with Crippen molar-refractivity contribution in [2.45, 2.75) is 12.6 Å². The minimum atomic E-state index is -0.462. The van der Waals surface area contributed by atoms with Gasteiger partial charge in [-0.05, 0) is 35.4 Å². The molecule has 1 aliphatic rings. The maximum absolute atomic E-state index is 12.2. The van der Waals surface area contributed by atoms with E-state index in [0.717, 1.165) is 15.6 Å². The van der Waals surface area contributed by atoms with Gasteiger partial charge in [0.25, 0.3) is 0 Å². The van der Waals surface area contributed by atoms with E-state index < -0.39 is 12.0 Å². The number of ether oxygens (including phenoxy) is 1. The Morgan fingerprint density at radius 3 is 2.80 bits per heavy atom. The van der Waals surface area contributed by atoms with Gasteiger partial charge < -0.3 is 4.74 Å². The molecule has 0 unspecified atom stereocenters. The molecule has 6 heteroatoms. The van der Waals surface area contributed by atoms with Crippen LogP contribution in [-0.4, -0.2) is 24.7 Å². The van der Waals surface area contributed by atoms with Crippen molar-refractivity contribution in [1.82, 2.24) is 5.06 Å². The Labute approximate surface area is 154 Å². The Kier molecular flexibility index (Phi) is 5.49. The highest BCUT2D eigenvalue weighted by molar-refractivity contribution is 9.10. The third-order valence-corrected chi connectivity index (χ3v) is 4.68. The minimum absolute atomic E-state index is 0.314. The van der Waals surface area contributed by atoms with Crippen molar-refractivity contribution in [3.8, 4) is 6.07 Å². The summed E-state index contributed by atoms with van der Waals surface area (Å²) in [6, 6.07) is 17.2. The second kappa shape index (κ2) is 7.79. The van der Waals surface area contributed by atoms with Crippen LogP contribution in [0.1, 0.15) is 22.8 Å². The van der Waals surface area contributed by atoms with Gasteiger partial charge in [-0.2, -0.15) is 10.3 Å². The number of esters is 1. The highest BCUT2D eigenvalue weighted by Gasteiger charge is 2.40. The van der Waals surface area contributed by atoms with Gasteiger partial charge in [0.15, 0.2) is 0 Å². The standard InChI is InChI=1S/C19H17BrN2O3/c1-24-19(23)17-12-22(11-13-5-7-16(20)8-6-13)25-18(17)15-4-2-3-14(9-15)10-21/h2-9,17-18H,11-12H2,1H3/t17-,18+/m0/s1. The maximum atomic E-state index is 12.2. The number of benzene rings is 2. The lowest BCUT2D eigenvalue weighted by Crippen LogP contribution is -2.24. The molecule has 0 radical (unpaired) electrons. The fourth-order valence-electron chi connectivity index (χ4n) is 2.92. The highest BCUT2D eigenvalue weighted by atomic mass is 79.9. The SMILES string of the molecule is COC(=O)[C@H]1CN(Cc2ccc(Br)cc2)O[C@@H]1c1cccc(C#N)c1. The molecule has 0 amide bonds. The molecule has 0 bridgehead atoms. The molecule has 25 heavy (non-hydrogen) atoms. The second-order valence-electron chi connectivity index (χ2n) is 5.84. The van der Waals surface area contributed by atoms with Crippen LogP contribution in [0.25, 0.3) is 0 Å². The van der Waals surface area contributed by atoms with Gasteiger partial charge in [-0.3, -0.25) is 9.63 Å². The third kappa shape index (κ3) is 4.07. The Balaban J connectivity index is 1.82. The Bertz CT molecular complexity index is 801. The molecule has 2 aromatic rings. The summed E-state index contributed by atoms with van der Waals surface area (Å²) in [5, 5.41) is 10.9. The summed E-state index contributed by atoms with van der Waals surface area (Å²) in [4.78, 5) is 18.2. The molecule has 0 saturated carbocycles. The van der Waals surface area contributed by atoms with Crippen LogP contribution >= 0.6 is 15.9 Å². The Morgan fingerprint density at radius 2 is 2.12 bits per heavy atom. The number of carbonyl (C=O) groups excluding carboxylic acids is 1. The Hall–Kier alpha value is -2.20. The van der Waals surface area contributed by atoms with E-state index in [2.05, 4.69) is 22.0 Å². The number of halogens is 1. The third-order valence-electron chi connectivity index (χ3n) is 4.15. The summed E-state index contributed by atoms with van der Waals surface area (Å²) in [6.45, 7) is 0.999. The molecule has 1 heterocycles. The van der Waals surface area contributed by atoms with Gasteiger partial charge in [-0.15, -0.1) is 0 Å². The van der Waals surface area contributed by atoms with Crippen molar-refractivity contribution in [3.05, 3.63) is 69.7 Å². The molecule has 5 nitrogen and oxygen atoms in total. The molecule has 1 fully saturated rings. The van der Waals surface area contributed by atoms with Gasteiger partial charge in [0.2, 0.25) is 0 Å². The van der Waals surface area contributed by atoms with E-state index in [1.54, 1.807) is 23.3 Å². The predicted octanol–water partition coefficient (Wildman–Crippen LogP) is 3.60. The number of carbonyl (C=O) groups is 1. The monoisotopic (exact) mass is 400 g/mol.